The second-order valence-electron chi connectivity index (χ2n) is 8.73. The van der Waals surface area contributed by atoms with Crippen molar-refractivity contribution >= 4 is 29.9 Å². The zero-order chi connectivity index (χ0) is 22.1. The van der Waals surface area contributed by atoms with E-state index in [9.17, 15) is 4.39 Å². The van der Waals surface area contributed by atoms with Gasteiger partial charge < -0.3 is 24.6 Å². The topological polar surface area (TPSA) is 49.3 Å². The molecule has 3 rings (SSSR count). The molecule has 2 fully saturated rings. The van der Waals surface area contributed by atoms with Crippen LogP contribution in [0.4, 0.5) is 4.39 Å². The van der Waals surface area contributed by atoms with Crippen molar-refractivity contribution in [3.63, 3.8) is 0 Å². The number of benzene rings is 1. The van der Waals surface area contributed by atoms with E-state index in [-0.39, 0.29) is 41.9 Å². The number of rotatable bonds is 8. The zero-order valence-corrected chi connectivity index (χ0v) is 22.1. The van der Waals surface area contributed by atoms with Crippen molar-refractivity contribution in [1.82, 2.24) is 15.1 Å². The predicted molar refractivity (Wildman–Crippen MR) is 138 cm³/mol. The van der Waals surface area contributed by atoms with Gasteiger partial charge in [0, 0.05) is 26.2 Å². The maximum Gasteiger partial charge on any atom is 0.193 e. The molecule has 2 aliphatic heterocycles. The monoisotopic (exact) mass is 562 g/mol. The Bertz CT molecular complexity index is 675. The highest BCUT2D eigenvalue weighted by Crippen LogP contribution is 2.21. The fourth-order valence-electron chi connectivity index (χ4n) is 4.27. The van der Waals surface area contributed by atoms with Gasteiger partial charge in [-0.3, -0.25) is 4.99 Å². The predicted octanol–water partition coefficient (Wildman–Crippen LogP) is 4.06. The van der Waals surface area contributed by atoms with Gasteiger partial charge in [0.2, 0.25) is 0 Å². The summed E-state index contributed by atoms with van der Waals surface area (Å²) in [5.74, 6) is 0.740. The molecule has 0 aliphatic carbocycles. The number of likely N-dealkylation sites (tertiary alicyclic amines) is 1. The van der Waals surface area contributed by atoms with Crippen LogP contribution in [0.5, 0.6) is 0 Å². The van der Waals surface area contributed by atoms with Crippen LogP contribution in [-0.2, 0) is 9.47 Å². The molecule has 2 unspecified atom stereocenters. The first-order valence-electron chi connectivity index (χ1n) is 11.7. The van der Waals surface area contributed by atoms with Gasteiger partial charge in [-0.2, -0.15) is 0 Å². The van der Waals surface area contributed by atoms with Gasteiger partial charge in [0.15, 0.2) is 5.96 Å². The van der Waals surface area contributed by atoms with Crippen LogP contribution in [-0.4, -0.2) is 81.5 Å². The first-order chi connectivity index (χ1) is 15.1. The van der Waals surface area contributed by atoms with Crippen LogP contribution >= 0.6 is 24.0 Å². The lowest BCUT2D eigenvalue weighted by Gasteiger charge is -2.35. The maximum atomic E-state index is 13.3. The van der Waals surface area contributed by atoms with Crippen molar-refractivity contribution in [2.75, 3.05) is 53.5 Å². The fraction of sp³-hybridized carbons (Fsp3) is 0.708. The van der Waals surface area contributed by atoms with Crippen molar-refractivity contribution in [2.24, 2.45) is 4.99 Å². The Morgan fingerprint density at radius 1 is 1.22 bits per heavy atom. The molecule has 0 bridgehead atoms. The van der Waals surface area contributed by atoms with Crippen molar-refractivity contribution < 1.29 is 13.9 Å². The van der Waals surface area contributed by atoms with Gasteiger partial charge in [-0.05, 0) is 70.8 Å². The Labute approximate surface area is 209 Å². The molecule has 2 saturated heterocycles. The highest BCUT2D eigenvalue weighted by molar-refractivity contribution is 14.0. The molecular formula is C24H40FIN4O2. The summed E-state index contributed by atoms with van der Waals surface area (Å²) >= 11 is 0. The smallest absolute Gasteiger partial charge is 0.193 e. The number of aliphatic imine (C=N–C) groups is 1. The number of hydrogen-bond donors (Lipinski definition) is 1. The number of nitrogens with one attached hydrogen (secondary N) is 1. The maximum absolute atomic E-state index is 13.3. The minimum Gasteiger partial charge on any atom is -0.376 e. The van der Waals surface area contributed by atoms with Gasteiger partial charge in [-0.25, -0.2) is 4.39 Å². The molecule has 2 heterocycles. The normalized spacial score (nSPS) is 21.3. The summed E-state index contributed by atoms with van der Waals surface area (Å²) in [6.45, 7) is 7.02. The third-order valence-corrected chi connectivity index (χ3v) is 6.16. The first-order valence-corrected chi connectivity index (χ1v) is 11.7. The molecule has 0 spiro atoms. The lowest BCUT2D eigenvalue weighted by molar-refractivity contribution is -0.0721. The molecule has 8 heteroatoms. The SMILES string of the molecule is CCNC(=NCC(c1ccc(F)cc1)N(C)C)N1CCC(OCC2CCCCO2)CC1.I. The number of hydrogen-bond acceptors (Lipinski definition) is 4. The van der Waals surface area contributed by atoms with E-state index in [1.807, 2.05) is 26.2 Å². The molecule has 6 nitrogen and oxygen atoms in total. The molecule has 2 aliphatic rings. The van der Waals surface area contributed by atoms with Crippen LogP contribution in [0, 0.1) is 5.82 Å². The number of ether oxygens (including phenoxy) is 2. The molecule has 0 amide bonds. The lowest BCUT2D eigenvalue weighted by atomic mass is 10.1. The van der Waals surface area contributed by atoms with E-state index in [1.165, 1.54) is 25.0 Å². The molecule has 0 saturated carbocycles. The third kappa shape index (κ3) is 8.43. The van der Waals surface area contributed by atoms with E-state index in [4.69, 9.17) is 14.5 Å². The van der Waals surface area contributed by atoms with E-state index in [1.54, 1.807) is 0 Å². The molecule has 32 heavy (non-hydrogen) atoms. The number of nitrogens with zero attached hydrogens (tertiary/aromatic N) is 3. The van der Waals surface area contributed by atoms with E-state index >= 15 is 0 Å². The van der Waals surface area contributed by atoms with E-state index in [0.29, 0.717) is 12.6 Å². The fourth-order valence-corrected chi connectivity index (χ4v) is 4.27. The molecule has 0 radical (unpaired) electrons. The summed E-state index contributed by atoms with van der Waals surface area (Å²) in [4.78, 5) is 9.40. The van der Waals surface area contributed by atoms with Crippen molar-refractivity contribution in [3.05, 3.63) is 35.6 Å². The van der Waals surface area contributed by atoms with E-state index in [0.717, 1.165) is 63.6 Å². The molecule has 1 aromatic carbocycles. The molecule has 1 aromatic rings. The summed E-state index contributed by atoms with van der Waals surface area (Å²) in [5.41, 5.74) is 1.07. The van der Waals surface area contributed by atoms with Crippen molar-refractivity contribution in [2.45, 2.75) is 57.3 Å². The number of piperidine rings is 1. The van der Waals surface area contributed by atoms with Crippen molar-refractivity contribution in [3.8, 4) is 0 Å². The average molecular weight is 563 g/mol. The summed E-state index contributed by atoms with van der Waals surface area (Å²) in [7, 11) is 4.07. The Kier molecular flexibility index (Phi) is 12.2. The Morgan fingerprint density at radius 3 is 2.53 bits per heavy atom. The average Bonchev–Trinajstić information content (AvgIpc) is 2.79. The summed E-state index contributed by atoms with van der Waals surface area (Å²) in [5, 5.41) is 3.44. The summed E-state index contributed by atoms with van der Waals surface area (Å²) in [6, 6.07) is 6.83. The number of halogens is 2. The van der Waals surface area contributed by atoms with Gasteiger partial charge >= 0.3 is 0 Å². The van der Waals surface area contributed by atoms with E-state index in [2.05, 4.69) is 22.0 Å². The second-order valence-corrected chi connectivity index (χ2v) is 8.73. The van der Waals surface area contributed by atoms with E-state index < -0.39 is 0 Å². The van der Waals surface area contributed by atoms with Crippen molar-refractivity contribution in [1.29, 1.82) is 0 Å². The minimum atomic E-state index is -0.210. The quantitative estimate of drug-likeness (QED) is 0.294. The number of likely N-dealkylation sites (N-methyl/N-ethyl adjacent to an activating group) is 1. The highest BCUT2D eigenvalue weighted by atomic mass is 127. The molecular weight excluding hydrogens is 522 g/mol. The first kappa shape index (κ1) is 27.3. The van der Waals surface area contributed by atoms with Crippen LogP contribution in [0.3, 0.4) is 0 Å². The van der Waals surface area contributed by atoms with Gasteiger partial charge in [0.05, 0.1) is 31.4 Å². The van der Waals surface area contributed by atoms with Gasteiger partial charge in [-0.1, -0.05) is 12.1 Å². The standard InChI is InChI=1S/C24H39FN4O2.HI/c1-4-26-24(27-17-23(28(2)3)19-8-10-20(25)11-9-19)29-14-12-21(13-15-29)31-18-22-7-5-6-16-30-22;/h8-11,21-23H,4-7,12-18H2,1-3H3,(H,26,27);1H. The largest absolute Gasteiger partial charge is 0.376 e. The van der Waals surface area contributed by atoms with Gasteiger partial charge in [-0.15, -0.1) is 24.0 Å². The molecule has 2 atom stereocenters. The molecule has 182 valence electrons. The summed E-state index contributed by atoms with van der Waals surface area (Å²) in [6.07, 6.45) is 6.15. The van der Waals surface area contributed by atoms with Crippen LogP contribution in [0.25, 0.3) is 0 Å². The van der Waals surface area contributed by atoms with Crippen LogP contribution in [0.15, 0.2) is 29.3 Å². The molecule has 0 aromatic heterocycles. The Balaban J connectivity index is 0.00000363. The third-order valence-electron chi connectivity index (χ3n) is 6.16. The Morgan fingerprint density at radius 2 is 1.94 bits per heavy atom. The zero-order valence-electron chi connectivity index (χ0n) is 19.8. The van der Waals surface area contributed by atoms with Crippen LogP contribution in [0.2, 0.25) is 0 Å². The van der Waals surface area contributed by atoms with Crippen LogP contribution in [0.1, 0.15) is 50.6 Å². The number of guanidine groups is 1. The molecule has 1 N–H and O–H groups in total. The lowest BCUT2D eigenvalue weighted by Crippen LogP contribution is -2.47. The highest BCUT2D eigenvalue weighted by Gasteiger charge is 2.24. The minimum absolute atomic E-state index is 0. The summed E-state index contributed by atoms with van der Waals surface area (Å²) < 4.78 is 25.3. The Hall–Kier alpha value is -0.970. The van der Waals surface area contributed by atoms with Gasteiger partial charge in [0.1, 0.15) is 5.82 Å². The van der Waals surface area contributed by atoms with Gasteiger partial charge in [0.25, 0.3) is 0 Å². The second kappa shape index (κ2) is 14.3. The van der Waals surface area contributed by atoms with Crippen LogP contribution < -0.4 is 5.32 Å².